The average Bonchev–Trinajstić information content (AvgIpc) is 2.46. The summed E-state index contributed by atoms with van der Waals surface area (Å²) in [5.74, 6) is -0.0922. The van der Waals surface area contributed by atoms with Crippen molar-refractivity contribution in [1.82, 2.24) is 9.97 Å². The molecule has 0 aliphatic heterocycles. The maximum Gasteiger partial charge on any atom is 0.433 e. The van der Waals surface area contributed by atoms with E-state index in [1.165, 1.54) is 0 Å². The van der Waals surface area contributed by atoms with Gasteiger partial charge in [0.1, 0.15) is 5.69 Å². The highest BCUT2D eigenvalue weighted by Crippen LogP contribution is 2.28. The zero-order chi connectivity index (χ0) is 16.3. The lowest BCUT2D eigenvalue weighted by molar-refractivity contribution is -0.141. The zero-order valence-corrected chi connectivity index (χ0v) is 12.7. The molecule has 0 aliphatic carbocycles. The summed E-state index contributed by atoms with van der Waals surface area (Å²) in [4.78, 5) is 7.94. The van der Waals surface area contributed by atoms with Crippen LogP contribution >= 0.6 is 0 Å². The predicted molar refractivity (Wildman–Crippen MR) is 77.8 cm³/mol. The fraction of sp³-hybridized carbons (Fsp3) is 0.286. The number of halogens is 3. The highest BCUT2D eigenvalue weighted by molar-refractivity contribution is 7.84. The predicted octanol–water partition coefficient (Wildman–Crippen LogP) is 3.41. The first-order chi connectivity index (χ1) is 10.3. The van der Waals surface area contributed by atoms with E-state index >= 15 is 0 Å². The molecule has 2 unspecified atom stereocenters. The Morgan fingerprint density at radius 3 is 2.36 bits per heavy atom. The molecule has 0 saturated heterocycles. The fourth-order valence-electron chi connectivity index (χ4n) is 1.81. The molecule has 0 saturated carbocycles. The zero-order valence-electron chi connectivity index (χ0n) is 11.9. The van der Waals surface area contributed by atoms with Crippen LogP contribution in [0.1, 0.15) is 24.2 Å². The highest BCUT2D eigenvalue weighted by Gasteiger charge is 2.32. The standard InChI is InChI=1S/C14H14F3N3OS/c1-9(10-3-5-11(6-4-10)22(2)21)19-13-18-8-7-12(20-13)14(15,16)17/h3-9H,1-2H3,(H,18,19,20). The lowest BCUT2D eigenvalue weighted by Gasteiger charge is -2.15. The minimum absolute atomic E-state index is 0.0922. The van der Waals surface area contributed by atoms with Crippen LogP contribution in [0.25, 0.3) is 0 Å². The van der Waals surface area contributed by atoms with Crippen molar-refractivity contribution in [2.75, 3.05) is 11.6 Å². The number of alkyl halides is 3. The van der Waals surface area contributed by atoms with Gasteiger partial charge in [0, 0.05) is 28.1 Å². The van der Waals surface area contributed by atoms with Crippen molar-refractivity contribution in [3.05, 3.63) is 47.8 Å². The monoisotopic (exact) mass is 329 g/mol. The van der Waals surface area contributed by atoms with Crippen molar-refractivity contribution in [2.45, 2.75) is 24.0 Å². The van der Waals surface area contributed by atoms with E-state index in [0.717, 1.165) is 17.8 Å². The molecule has 0 aliphatic rings. The van der Waals surface area contributed by atoms with E-state index in [1.54, 1.807) is 37.4 Å². The van der Waals surface area contributed by atoms with Crippen molar-refractivity contribution in [1.29, 1.82) is 0 Å². The summed E-state index contributed by atoms with van der Waals surface area (Å²) in [5.41, 5.74) is -0.163. The van der Waals surface area contributed by atoms with Crippen molar-refractivity contribution in [3.63, 3.8) is 0 Å². The van der Waals surface area contributed by atoms with Crippen LogP contribution in [0.4, 0.5) is 19.1 Å². The average molecular weight is 329 g/mol. The number of hydrogen-bond donors (Lipinski definition) is 1. The number of nitrogens with one attached hydrogen (secondary N) is 1. The lowest BCUT2D eigenvalue weighted by atomic mass is 10.1. The lowest BCUT2D eigenvalue weighted by Crippen LogP contribution is -2.13. The number of rotatable bonds is 4. The van der Waals surface area contributed by atoms with Gasteiger partial charge in [0.15, 0.2) is 0 Å². The third kappa shape index (κ3) is 4.03. The van der Waals surface area contributed by atoms with E-state index in [0.29, 0.717) is 4.90 Å². The van der Waals surface area contributed by atoms with Crippen LogP contribution < -0.4 is 5.32 Å². The van der Waals surface area contributed by atoms with Crippen molar-refractivity contribution < 1.29 is 17.4 Å². The SMILES string of the molecule is CC(Nc1nccc(C(F)(F)F)n1)c1ccc(S(C)=O)cc1. The van der Waals surface area contributed by atoms with Gasteiger partial charge in [-0.05, 0) is 30.7 Å². The number of anilines is 1. The summed E-state index contributed by atoms with van der Waals surface area (Å²) in [6, 6.07) is 7.50. The molecule has 0 bridgehead atoms. The van der Waals surface area contributed by atoms with Gasteiger partial charge in [-0.15, -0.1) is 0 Å². The van der Waals surface area contributed by atoms with Gasteiger partial charge < -0.3 is 5.32 Å². The number of nitrogens with zero attached hydrogens (tertiary/aromatic N) is 2. The van der Waals surface area contributed by atoms with Gasteiger partial charge in [-0.1, -0.05) is 12.1 Å². The fourth-order valence-corrected chi connectivity index (χ4v) is 2.33. The van der Waals surface area contributed by atoms with Crippen molar-refractivity contribution >= 4 is 16.7 Å². The molecule has 0 fully saturated rings. The maximum absolute atomic E-state index is 12.6. The van der Waals surface area contributed by atoms with Crippen LogP contribution in [0.5, 0.6) is 0 Å². The molecule has 1 heterocycles. The van der Waals surface area contributed by atoms with Crippen molar-refractivity contribution in [3.8, 4) is 0 Å². The molecule has 2 aromatic rings. The Labute approximate surface area is 128 Å². The molecule has 1 aromatic heterocycles. The van der Waals surface area contributed by atoms with Crippen LogP contribution in [-0.2, 0) is 17.0 Å². The summed E-state index contributed by atoms with van der Waals surface area (Å²) in [6.45, 7) is 1.78. The van der Waals surface area contributed by atoms with E-state index in [1.807, 2.05) is 0 Å². The molecule has 0 amide bonds. The largest absolute Gasteiger partial charge is 0.433 e. The summed E-state index contributed by atoms with van der Waals surface area (Å²) >= 11 is 0. The first kappa shape index (κ1) is 16.4. The third-order valence-corrected chi connectivity index (χ3v) is 3.94. The first-order valence-electron chi connectivity index (χ1n) is 6.37. The Morgan fingerprint density at radius 1 is 1.18 bits per heavy atom. The summed E-state index contributed by atoms with van der Waals surface area (Å²) in [7, 11) is -1.07. The number of aromatic nitrogens is 2. The van der Waals surface area contributed by atoms with Crippen molar-refractivity contribution in [2.24, 2.45) is 0 Å². The Morgan fingerprint density at radius 2 is 1.82 bits per heavy atom. The van der Waals surface area contributed by atoms with Gasteiger partial charge in [-0.3, -0.25) is 4.21 Å². The Balaban J connectivity index is 2.15. The molecule has 118 valence electrons. The quantitative estimate of drug-likeness (QED) is 0.934. The van der Waals surface area contributed by atoms with Crippen LogP contribution in [0, 0.1) is 0 Å². The van der Waals surface area contributed by atoms with Crippen LogP contribution in [0.3, 0.4) is 0 Å². The Hall–Kier alpha value is -1.96. The molecule has 2 rings (SSSR count). The van der Waals surface area contributed by atoms with Gasteiger partial charge in [-0.25, -0.2) is 9.97 Å². The van der Waals surface area contributed by atoms with Crippen LogP contribution in [-0.4, -0.2) is 20.4 Å². The first-order valence-corrected chi connectivity index (χ1v) is 7.93. The second-order valence-corrected chi connectivity index (χ2v) is 6.03. The number of benzene rings is 1. The topological polar surface area (TPSA) is 54.9 Å². The molecule has 4 nitrogen and oxygen atoms in total. The van der Waals surface area contributed by atoms with Crippen LogP contribution in [0.2, 0.25) is 0 Å². The minimum Gasteiger partial charge on any atom is -0.348 e. The summed E-state index contributed by atoms with van der Waals surface area (Å²) in [5, 5.41) is 2.82. The van der Waals surface area contributed by atoms with Gasteiger partial charge in [0.25, 0.3) is 0 Å². The summed E-state index contributed by atoms with van der Waals surface area (Å²) < 4.78 is 49.1. The second-order valence-electron chi connectivity index (χ2n) is 4.65. The molecule has 1 aromatic carbocycles. The Kier molecular flexibility index (Phi) is 4.80. The van der Waals surface area contributed by atoms with Gasteiger partial charge in [0.2, 0.25) is 5.95 Å². The molecule has 0 radical (unpaired) electrons. The van der Waals surface area contributed by atoms with E-state index < -0.39 is 22.7 Å². The number of hydrogen-bond acceptors (Lipinski definition) is 4. The van der Waals surface area contributed by atoms with E-state index in [4.69, 9.17) is 0 Å². The second kappa shape index (κ2) is 6.43. The van der Waals surface area contributed by atoms with Gasteiger partial charge in [0.05, 0.1) is 6.04 Å². The van der Waals surface area contributed by atoms with Crippen LogP contribution in [0.15, 0.2) is 41.4 Å². The van der Waals surface area contributed by atoms with E-state index in [9.17, 15) is 17.4 Å². The molecular weight excluding hydrogens is 315 g/mol. The van der Waals surface area contributed by atoms with Gasteiger partial charge >= 0.3 is 6.18 Å². The molecule has 1 N–H and O–H groups in total. The minimum atomic E-state index is -4.50. The smallest absolute Gasteiger partial charge is 0.348 e. The third-order valence-electron chi connectivity index (χ3n) is 3.00. The van der Waals surface area contributed by atoms with E-state index in [2.05, 4.69) is 15.3 Å². The van der Waals surface area contributed by atoms with E-state index in [-0.39, 0.29) is 12.0 Å². The summed E-state index contributed by atoms with van der Waals surface area (Å²) in [6.07, 6.45) is -1.86. The molecule has 0 spiro atoms. The Bertz CT molecular complexity index is 674. The molecule has 2 atom stereocenters. The highest BCUT2D eigenvalue weighted by atomic mass is 32.2. The van der Waals surface area contributed by atoms with Gasteiger partial charge in [-0.2, -0.15) is 13.2 Å². The molecule has 8 heteroatoms. The maximum atomic E-state index is 12.6. The normalized spacial score (nSPS) is 14.4. The molecule has 22 heavy (non-hydrogen) atoms. The molecular formula is C14H14F3N3OS.